The normalized spacial score (nSPS) is 24.3. The lowest BCUT2D eigenvalue weighted by Gasteiger charge is -2.26. The maximum absolute atomic E-state index is 5.90. The third kappa shape index (κ3) is 2.66. The Hall–Kier alpha value is -1.36. The zero-order chi connectivity index (χ0) is 13.2. The molecule has 104 valence electrons. The topological polar surface area (TPSA) is 58.3 Å². The molecule has 0 bridgehead atoms. The lowest BCUT2D eigenvalue weighted by Crippen LogP contribution is -2.37. The minimum absolute atomic E-state index is 0.592. The highest BCUT2D eigenvalue weighted by molar-refractivity contribution is 5.47. The number of nitrogen functional groups attached to an aromatic ring is 1. The Labute approximate surface area is 114 Å². The van der Waals surface area contributed by atoms with E-state index >= 15 is 0 Å². The predicted molar refractivity (Wildman–Crippen MR) is 77.2 cm³/mol. The van der Waals surface area contributed by atoms with Gasteiger partial charge in [0.2, 0.25) is 0 Å². The summed E-state index contributed by atoms with van der Waals surface area (Å²) in [7, 11) is 0. The first-order valence-corrected chi connectivity index (χ1v) is 7.38. The van der Waals surface area contributed by atoms with Gasteiger partial charge >= 0.3 is 0 Å². The summed E-state index contributed by atoms with van der Waals surface area (Å²) >= 11 is 0. The number of hydrogen-bond acceptors (Lipinski definition) is 5. The third-order valence-corrected chi connectivity index (χ3v) is 4.22. The second-order valence-corrected chi connectivity index (χ2v) is 5.55. The van der Waals surface area contributed by atoms with Crippen LogP contribution in [0.5, 0.6) is 0 Å². The molecule has 5 nitrogen and oxygen atoms in total. The second kappa shape index (κ2) is 5.33. The average molecular weight is 261 g/mol. The molecule has 0 amide bonds. The van der Waals surface area contributed by atoms with Gasteiger partial charge in [-0.05, 0) is 25.8 Å². The molecule has 0 radical (unpaired) electrons. The molecule has 1 unspecified atom stereocenters. The van der Waals surface area contributed by atoms with Crippen LogP contribution in [0.4, 0.5) is 11.6 Å². The average Bonchev–Trinajstić information content (AvgIpc) is 2.75. The Morgan fingerprint density at radius 3 is 2.95 bits per heavy atom. The largest absolute Gasteiger partial charge is 0.384 e. The Bertz CT molecular complexity index is 447. The van der Waals surface area contributed by atoms with E-state index in [2.05, 4.69) is 26.7 Å². The molecule has 2 aliphatic heterocycles. The molecule has 1 aromatic heterocycles. The standard InChI is InChI=1S/C14H23N5/c1-2-13-16-12(15)9-14(17-13)19-8-4-7-18-6-3-5-11(18)10-19/h9,11H,2-8,10H2,1H3,(H2,15,16,17). The van der Waals surface area contributed by atoms with Gasteiger partial charge in [-0.15, -0.1) is 0 Å². The van der Waals surface area contributed by atoms with Gasteiger partial charge in [0.1, 0.15) is 17.5 Å². The van der Waals surface area contributed by atoms with Crippen LogP contribution in [0.3, 0.4) is 0 Å². The zero-order valence-corrected chi connectivity index (χ0v) is 11.7. The molecule has 0 saturated carbocycles. The predicted octanol–water partition coefficient (Wildman–Crippen LogP) is 1.30. The summed E-state index contributed by atoms with van der Waals surface area (Å²) in [6.45, 7) is 6.72. The summed E-state index contributed by atoms with van der Waals surface area (Å²) < 4.78 is 0. The molecule has 3 heterocycles. The first kappa shape index (κ1) is 12.7. The van der Waals surface area contributed by atoms with E-state index in [1.54, 1.807) is 0 Å². The molecule has 2 fully saturated rings. The molecule has 3 rings (SSSR count). The minimum Gasteiger partial charge on any atom is -0.384 e. The fourth-order valence-corrected chi connectivity index (χ4v) is 3.24. The quantitative estimate of drug-likeness (QED) is 0.869. The van der Waals surface area contributed by atoms with E-state index in [1.807, 2.05) is 6.07 Å². The Kier molecular flexibility index (Phi) is 3.55. The Morgan fingerprint density at radius 2 is 2.11 bits per heavy atom. The molecule has 1 atom stereocenters. The van der Waals surface area contributed by atoms with E-state index < -0.39 is 0 Å². The maximum atomic E-state index is 5.90. The van der Waals surface area contributed by atoms with Crippen LogP contribution in [0, 0.1) is 0 Å². The van der Waals surface area contributed by atoms with Crippen LogP contribution in [0.15, 0.2) is 6.07 Å². The molecule has 1 aromatic rings. The molecule has 19 heavy (non-hydrogen) atoms. The van der Waals surface area contributed by atoms with E-state index in [4.69, 9.17) is 5.73 Å². The van der Waals surface area contributed by atoms with Crippen LogP contribution in [0.1, 0.15) is 32.0 Å². The lowest BCUT2D eigenvalue weighted by molar-refractivity contribution is 0.273. The van der Waals surface area contributed by atoms with Crippen molar-refractivity contribution in [1.29, 1.82) is 0 Å². The molecule has 2 N–H and O–H groups in total. The van der Waals surface area contributed by atoms with Gasteiger partial charge in [-0.3, -0.25) is 4.90 Å². The molecule has 5 heteroatoms. The number of nitrogens with zero attached hydrogens (tertiary/aromatic N) is 4. The van der Waals surface area contributed by atoms with Gasteiger partial charge in [-0.1, -0.05) is 6.92 Å². The summed E-state index contributed by atoms with van der Waals surface area (Å²) in [4.78, 5) is 13.9. The van der Waals surface area contributed by atoms with Gasteiger partial charge in [0.15, 0.2) is 0 Å². The van der Waals surface area contributed by atoms with Crippen molar-refractivity contribution in [2.24, 2.45) is 0 Å². The van der Waals surface area contributed by atoms with Gasteiger partial charge in [-0.25, -0.2) is 9.97 Å². The van der Waals surface area contributed by atoms with E-state index in [9.17, 15) is 0 Å². The second-order valence-electron chi connectivity index (χ2n) is 5.55. The zero-order valence-electron chi connectivity index (χ0n) is 11.7. The number of nitrogens with two attached hydrogens (primary N) is 1. The van der Waals surface area contributed by atoms with Crippen molar-refractivity contribution in [1.82, 2.24) is 14.9 Å². The first-order valence-electron chi connectivity index (χ1n) is 7.38. The number of rotatable bonds is 2. The lowest BCUT2D eigenvalue weighted by atomic mass is 10.2. The molecular weight excluding hydrogens is 238 g/mol. The van der Waals surface area contributed by atoms with Crippen molar-refractivity contribution >= 4 is 11.6 Å². The van der Waals surface area contributed by atoms with Gasteiger partial charge < -0.3 is 10.6 Å². The molecule has 2 saturated heterocycles. The smallest absolute Gasteiger partial charge is 0.134 e. The number of aromatic nitrogens is 2. The number of anilines is 2. The first-order chi connectivity index (χ1) is 9.26. The Morgan fingerprint density at radius 1 is 1.26 bits per heavy atom. The van der Waals surface area contributed by atoms with Crippen LogP contribution < -0.4 is 10.6 Å². The van der Waals surface area contributed by atoms with E-state index in [-0.39, 0.29) is 0 Å². The molecular formula is C14H23N5. The Balaban J connectivity index is 1.82. The van der Waals surface area contributed by atoms with Crippen molar-refractivity contribution in [3.63, 3.8) is 0 Å². The molecule has 0 aromatic carbocycles. The van der Waals surface area contributed by atoms with Crippen LogP contribution in [0.25, 0.3) is 0 Å². The fraction of sp³-hybridized carbons (Fsp3) is 0.714. The summed E-state index contributed by atoms with van der Waals surface area (Å²) in [5, 5.41) is 0. The summed E-state index contributed by atoms with van der Waals surface area (Å²) in [5.41, 5.74) is 5.90. The number of fused-ring (bicyclic) bond motifs is 1. The van der Waals surface area contributed by atoms with E-state index in [1.165, 1.54) is 32.4 Å². The highest BCUT2D eigenvalue weighted by atomic mass is 15.3. The highest BCUT2D eigenvalue weighted by Gasteiger charge is 2.29. The van der Waals surface area contributed by atoms with E-state index in [0.29, 0.717) is 11.9 Å². The highest BCUT2D eigenvalue weighted by Crippen LogP contribution is 2.24. The van der Waals surface area contributed by atoms with Gasteiger partial charge in [0.05, 0.1) is 0 Å². The van der Waals surface area contributed by atoms with Gasteiger partial charge in [0.25, 0.3) is 0 Å². The summed E-state index contributed by atoms with van der Waals surface area (Å²) in [5.74, 6) is 2.45. The van der Waals surface area contributed by atoms with Crippen molar-refractivity contribution in [3.8, 4) is 0 Å². The fourth-order valence-electron chi connectivity index (χ4n) is 3.24. The van der Waals surface area contributed by atoms with Crippen LogP contribution in [-0.2, 0) is 6.42 Å². The molecule has 0 aliphatic carbocycles. The van der Waals surface area contributed by atoms with Gasteiger partial charge in [0, 0.05) is 38.2 Å². The van der Waals surface area contributed by atoms with Crippen LogP contribution >= 0.6 is 0 Å². The van der Waals surface area contributed by atoms with Crippen molar-refractivity contribution in [2.75, 3.05) is 36.8 Å². The third-order valence-electron chi connectivity index (χ3n) is 4.22. The maximum Gasteiger partial charge on any atom is 0.134 e. The summed E-state index contributed by atoms with van der Waals surface area (Å²) in [6.07, 6.45) is 4.70. The molecule has 0 spiro atoms. The van der Waals surface area contributed by atoms with Crippen molar-refractivity contribution in [3.05, 3.63) is 11.9 Å². The van der Waals surface area contributed by atoms with Crippen molar-refractivity contribution < 1.29 is 0 Å². The SMILES string of the molecule is CCc1nc(N)cc(N2CCCN3CCCC3C2)n1. The van der Waals surface area contributed by atoms with Gasteiger partial charge in [-0.2, -0.15) is 0 Å². The van der Waals surface area contributed by atoms with Crippen molar-refractivity contribution in [2.45, 2.75) is 38.6 Å². The van der Waals surface area contributed by atoms with Crippen LogP contribution in [-0.4, -0.2) is 47.1 Å². The minimum atomic E-state index is 0.592. The monoisotopic (exact) mass is 261 g/mol. The number of aryl methyl sites for hydroxylation is 1. The molecule has 2 aliphatic rings. The van der Waals surface area contributed by atoms with E-state index in [0.717, 1.165) is 31.2 Å². The summed E-state index contributed by atoms with van der Waals surface area (Å²) in [6, 6.07) is 2.62. The van der Waals surface area contributed by atoms with Crippen LogP contribution in [0.2, 0.25) is 0 Å². The number of hydrogen-bond donors (Lipinski definition) is 1.